The fourth-order valence-corrected chi connectivity index (χ4v) is 1.17. The lowest BCUT2D eigenvalue weighted by Crippen LogP contribution is -1.76. The van der Waals surface area contributed by atoms with Crippen molar-refractivity contribution in [3.63, 3.8) is 0 Å². The van der Waals surface area contributed by atoms with Gasteiger partial charge >= 0.3 is 7.69 Å². The molecule has 1 heterocycles. The maximum atomic E-state index is 7.00. The van der Waals surface area contributed by atoms with Gasteiger partial charge in [-0.25, -0.2) is 0 Å². The minimum absolute atomic E-state index is 0. The van der Waals surface area contributed by atoms with Crippen LogP contribution in [-0.4, -0.2) is 22.7 Å². The Bertz CT molecular complexity index is 329. The maximum absolute atomic E-state index is 7.00. The number of nitrogens with zero attached hydrogens (tertiary/aromatic N) is 1. The second-order valence-electron chi connectivity index (χ2n) is 2.72. The summed E-state index contributed by atoms with van der Waals surface area (Å²) in [5.74, 6) is 0. The molecule has 4 heteroatoms. The van der Waals surface area contributed by atoms with Crippen LogP contribution in [0.15, 0.2) is 54.9 Å². The number of pyridine rings is 1. The second kappa shape index (κ2) is 6.76. The van der Waals surface area contributed by atoms with Crippen LogP contribution in [0.1, 0.15) is 0 Å². The zero-order valence-corrected chi connectivity index (χ0v) is 8.12. The van der Waals surface area contributed by atoms with Gasteiger partial charge in [-0.2, -0.15) is 0 Å². The molecule has 1 aromatic carbocycles. The minimum Gasteiger partial charge on any atom is -0.429 e. The molecule has 0 spiro atoms. The number of aromatic nitrogens is 1. The molecule has 0 bridgehead atoms. The molecule has 0 saturated heterocycles. The quantitative estimate of drug-likeness (QED) is 0.681. The summed E-state index contributed by atoms with van der Waals surface area (Å²) in [6.45, 7) is 0. The molecule has 3 nitrogen and oxygen atoms in total. The highest BCUT2D eigenvalue weighted by Crippen LogP contribution is 2.16. The minimum atomic E-state index is 0. The lowest BCUT2D eigenvalue weighted by molar-refractivity contribution is 0.448. The molecule has 0 saturated carbocycles. The van der Waals surface area contributed by atoms with Crippen LogP contribution in [0.3, 0.4) is 0 Å². The first-order chi connectivity index (χ1) is 7.38. The summed E-state index contributed by atoms with van der Waals surface area (Å²) in [7, 11) is 0. The van der Waals surface area contributed by atoms with E-state index in [1.807, 2.05) is 42.7 Å². The highest BCUT2D eigenvalue weighted by Gasteiger charge is 1.92. The molecular formula is C11H11BNO2. The molecule has 0 unspecified atom stereocenters. The lowest BCUT2D eigenvalue weighted by atomic mass is 10.1. The SMILES string of the molecule is O[B]O.c1ccc(-c2ccncc2)cc1. The first kappa shape index (κ1) is 11.4. The van der Waals surface area contributed by atoms with Crippen molar-refractivity contribution in [2.75, 3.05) is 0 Å². The van der Waals surface area contributed by atoms with E-state index < -0.39 is 0 Å². The second-order valence-corrected chi connectivity index (χ2v) is 2.72. The maximum Gasteiger partial charge on any atom is 0.482 e. The van der Waals surface area contributed by atoms with Gasteiger partial charge < -0.3 is 10.0 Å². The highest BCUT2D eigenvalue weighted by atomic mass is 16.4. The lowest BCUT2D eigenvalue weighted by Gasteiger charge is -1.98. The number of hydrogen-bond donors (Lipinski definition) is 2. The molecule has 2 N–H and O–H groups in total. The first-order valence-electron chi connectivity index (χ1n) is 4.44. The van der Waals surface area contributed by atoms with E-state index in [2.05, 4.69) is 17.1 Å². The molecule has 2 rings (SSSR count). The molecule has 1 radical (unpaired) electrons. The molecule has 0 aliphatic rings. The smallest absolute Gasteiger partial charge is 0.429 e. The Labute approximate surface area is 89.4 Å². The van der Waals surface area contributed by atoms with Crippen molar-refractivity contribution in [1.82, 2.24) is 4.98 Å². The largest absolute Gasteiger partial charge is 0.482 e. The molecule has 2 aromatic rings. The van der Waals surface area contributed by atoms with Gasteiger partial charge in [0, 0.05) is 12.4 Å². The molecular weight excluding hydrogens is 189 g/mol. The van der Waals surface area contributed by atoms with Crippen molar-refractivity contribution >= 4 is 7.69 Å². The Morgan fingerprint density at radius 3 is 1.80 bits per heavy atom. The summed E-state index contributed by atoms with van der Waals surface area (Å²) in [5.41, 5.74) is 2.45. The van der Waals surface area contributed by atoms with Crippen molar-refractivity contribution in [1.29, 1.82) is 0 Å². The fourth-order valence-electron chi connectivity index (χ4n) is 1.17. The van der Waals surface area contributed by atoms with E-state index >= 15 is 0 Å². The van der Waals surface area contributed by atoms with Gasteiger partial charge in [0.2, 0.25) is 0 Å². The van der Waals surface area contributed by atoms with E-state index in [9.17, 15) is 0 Å². The summed E-state index contributed by atoms with van der Waals surface area (Å²) in [6.07, 6.45) is 3.62. The van der Waals surface area contributed by atoms with E-state index in [1.165, 1.54) is 11.1 Å². The van der Waals surface area contributed by atoms with Crippen LogP contribution in [0, 0.1) is 0 Å². The summed E-state index contributed by atoms with van der Waals surface area (Å²) in [5, 5.41) is 14.0. The third kappa shape index (κ3) is 3.93. The van der Waals surface area contributed by atoms with Crippen molar-refractivity contribution in [2.24, 2.45) is 0 Å². The van der Waals surface area contributed by atoms with Gasteiger partial charge in [-0.3, -0.25) is 4.98 Å². The van der Waals surface area contributed by atoms with Gasteiger partial charge in [0.05, 0.1) is 0 Å². The van der Waals surface area contributed by atoms with E-state index in [-0.39, 0.29) is 7.69 Å². The van der Waals surface area contributed by atoms with Crippen LogP contribution in [0.5, 0.6) is 0 Å². The first-order valence-corrected chi connectivity index (χ1v) is 4.44. The van der Waals surface area contributed by atoms with Gasteiger partial charge in [0.15, 0.2) is 0 Å². The average molecular weight is 200 g/mol. The highest BCUT2D eigenvalue weighted by molar-refractivity contribution is 6.13. The third-order valence-corrected chi connectivity index (χ3v) is 1.79. The van der Waals surface area contributed by atoms with Crippen molar-refractivity contribution in [2.45, 2.75) is 0 Å². The van der Waals surface area contributed by atoms with Crippen molar-refractivity contribution in [3.8, 4) is 11.1 Å². The zero-order chi connectivity index (χ0) is 10.9. The van der Waals surface area contributed by atoms with Gasteiger partial charge in [0.1, 0.15) is 0 Å². The summed E-state index contributed by atoms with van der Waals surface area (Å²) in [4.78, 5) is 3.97. The molecule has 75 valence electrons. The molecule has 1 aromatic heterocycles. The van der Waals surface area contributed by atoms with Gasteiger partial charge in [-0.15, -0.1) is 0 Å². The van der Waals surface area contributed by atoms with Crippen LogP contribution < -0.4 is 0 Å². The van der Waals surface area contributed by atoms with Crippen LogP contribution in [0.25, 0.3) is 11.1 Å². The summed E-state index contributed by atoms with van der Waals surface area (Å²) in [6, 6.07) is 14.3. The zero-order valence-electron chi connectivity index (χ0n) is 8.12. The number of rotatable bonds is 1. The Kier molecular flexibility index (Phi) is 5.15. The van der Waals surface area contributed by atoms with Gasteiger partial charge in [-0.05, 0) is 23.3 Å². The molecule has 0 amide bonds. The van der Waals surface area contributed by atoms with Crippen LogP contribution in [0.4, 0.5) is 0 Å². The van der Waals surface area contributed by atoms with E-state index in [0.29, 0.717) is 0 Å². The van der Waals surface area contributed by atoms with Gasteiger partial charge in [0.25, 0.3) is 0 Å². The normalized spacial score (nSPS) is 8.67. The summed E-state index contributed by atoms with van der Waals surface area (Å²) < 4.78 is 0. The predicted octanol–water partition coefficient (Wildman–Crippen LogP) is 1.25. The fraction of sp³-hybridized carbons (Fsp3) is 0. The summed E-state index contributed by atoms with van der Waals surface area (Å²) >= 11 is 0. The Hall–Kier alpha value is -1.65. The van der Waals surface area contributed by atoms with E-state index in [0.717, 1.165) is 0 Å². The van der Waals surface area contributed by atoms with Crippen LogP contribution in [-0.2, 0) is 0 Å². The Morgan fingerprint density at radius 2 is 1.27 bits per heavy atom. The number of benzene rings is 1. The number of hydrogen-bond acceptors (Lipinski definition) is 3. The van der Waals surface area contributed by atoms with E-state index in [4.69, 9.17) is 10.0 Å². The van der Waals surface area contributed by atoms with E-state index in [1.54, 1.807) is 0 Å². The van der Waals surface area contributed by atoms with Crippen LogP contribution in [0.2, 0.25) is 0 Å². The van der Waals surface area contributed by atoms with Gasteiger partial charge in [-0.1, -0.05) is 30.3 Å². The van der Waals surface area contributed by atoms with Crippen molar-refractivity contribution in [3.05, 3.63) is 54.9 Å². The van der Waals surface area contributed by atoms with Crippen molar-refractivity contribution < 1.29 is 10.0 Å². The van der Waals surface area contributed by atoms with Crippen LogP contribution >= 0.6 is 0 Å². The molecule has 15 heavy (non-hydrogen) atoms. The Morgan fingerprint density at radius 1 is 0.800 bits per heavy atom. The standard InChI is InChI=1S/C11H9N.BH2O2/c1-2-4-10(5-3-1)11-6-8-12-9-7-11;2-1-3/h1-9H;2-3H. The average Bonchev–Trinajstić information content (AvgIpc) is 2.32. The molecule has 0 atom stereocenters. The Balaban J connectivity index is 0.000000337. The predicted molar refractivity (Wildman–Crippen MR) is 59.9 cm³/mol. The third-order valence-electron chi connectivity index (χ3n) is 1.79. The topological polar surface area (TPSA) is 53.4 Å². The molecule has 0 aliphatic heterocycles. The molecule has 0 fully saturated rings. The molecule has 0 aliphatic carbocycles. The monoisotopic (exact) mass is 200 g/mol.